The third kappa shape index (κ3) is 6.58. The largest absolute Gasteiger partial charge is 0.494 e. The maximum absolute atomic E-state index is 5.92. The van der Waals surface area contributed by atoms with Crippen molar-refractivity contribution in [3.63, 3.8) is 0 Å². The molecule has 1 N–H and O–H groups in total. The van der Waals surface area contributed by atoms with Crippen LogP contribution in [-0.2, 0) is 0 Å². The van der Waals surface area contributed by atoms with Gasteiger partial charge in [0, 0.05) is 5.69 Å². The van der Waals surface area contributed by atoms with E-state index >= 15 is 0 Å². The van der Waals surface area contributed by atoms with Crippen LogP contribution in [0.5, 0.6) is 5.75 Å². The van der Waals surface area contributed by atoms with Crippen molar-refractivity contribution >= 4 is 5.69 Å². The van der Waals surface area contributed by atoms with Crippen LogP contribution in [0.1, 0.15) is 82.7 Å². The molecule has 3 rings (SSSR count). The molecule has 0 amide bonds. The molecule has 0 aliphatic heterocycles. The van der Waals surface area contributed by atoms with Crippen LogP contribution in [0, 0.1) is 5.92 Å². The minimum Gasteiger partial charge on any atom is -0.494 e. The first-order valence-corrected chi connectivity index (χ1v) is 11.4. The number of hydrogen-bond donors (Lipinski definition) is 1. The highest BCUT2D eigenvalue weighted by molar-refractivity contribution is 5.46. The lowest BCUT2D eigenvalue weighted by Gasteiger charge is -2.31. The Hall–Kier alpha value is -1.96. The Bertz CT molecular complexity index is 644. The lowest BCUT2D eigenvalue weighted by molar-refractivity contribution is 0.305. The Morgan fingerprint density at radius 1 is 0.857 bits per heavy atom. The van der Waals surface area contributed by atoms with Crippen molar-refractivity contribution in [2.75, 3.05) is 11.9 Å². The first-order valence-electron chi connectivity index (χ1n) is 11.4. The molecule has 0 saturated heterocycles. The van der Waals surface area contributed by atoms with Crippen LogP contribution in [0.25, 0.3) is 0 Å². The molecule has 1 unspecified atom stereocenters. The summed E-state index contributed by atoms with van der Waals surface area (Å²) in [5, 5.41) is 3.85. The molecule has 0 bridgehead atoms. The number of rotatable bonds is 9. The highest BCUT2D eigenvalue weighted by Gasteiger charge is 2.24. The average molecular weight is 380 g/mol. The summed E-state index contributed by atoms with van der Waals surface area (Å²) in [4.78, 5) is 0. The summed E-state index contributed by atoms with van der Waals surface area (Å²) in [7, 11) is 0. The summed E-state index contributed by atoms with van der Waals surface area (Å²) in [5.41, 5.74) is 2.60. The number of nitrogens with one attached hydrogen (secondary N) is 1. The van der Waals surface area contributed by atoms with Gasteiger partial charge in [-0.05, 0) is 55.0 Å². The predicted molar refractivity (Wildman–Crippen MR) is 120 cm³/mol. The van der Waals surface area contributed by atoms with Crippen molar-refractivity contribution in [1.29, 1.82) is 0 Å². The molecule has 0 aromatic heterocycles. The first kappa shape index (κ1) is 20.8. The van der Waals surface area contributed by atoms with E-state index < -0.39 is 0 Å². The normalized spacial score (nSPS) is 16.8. The van der Waals surface area contributed by atoms with Gasteiger partial charge in [-0.15, -0.1) is 0 Å². The molecule has 0 radical (unpaired) electrons. The van der Waals surface area contributed by atoms with Gasteiger partial charge in [0.15, 0.2) is 0 Å². The summed E-state index contributed by atoms with van der Waals surface area (Å²) >= 11 is 0. The maximum atomic E-state index is 5.92. The van der Waals surface area contributed by atoms with Crippen LogP contribution in [-0.4, -0.2) is 6.61 Å². The van der Waals surface area contributed by atoms with Crippen LogP contribution in [0.15, 0.2) is 54.6 Å². The number of para-hydroxylation sites is 1. The molecule has 1 atom stereocenters. The monoisotopic (exact) mass is 379 g/mol. The average Bonchev–Trinajstić information content (AvgIpc) is 2.71. The quantitative estimate of drug-likeness (QED) is 0.449. The van der Waals surface area contributed by atoms with Crippen LogP contribution in [0.3, 0.4) is 0 Å². The highest BCUT2D eigenvalue weighted by Crippen LogP contribution is 2.36. The zero-order valence-electron chi connectivity index (χ0n) is 17.5. The topological polar surface area (TPSA) is 21.3 Å². The lowest BCUT2D eigenvalue weighted by atomic mass is 9.82. The smallest absolute Gasteiger partial charge is 0.119 e. The second-order valence-electron chi connectivity index (χ2n) is 8.22. The molecule has 2 aromatic rings. The van der Waals surface area contributed by atoms with Crippen molar-refractivity contribution in [3.8, 4) is 5.75 Å². The van der Waals surface area contributed by atoms with E-state index in [1.807, 2.05) is 0 Å². The van der Waals surface area contributed by atoms with Crippen LogP contribution in [0.4, 0.5) is 5.69 Å². The fourth-order valence-electron chi connectivity index (χ4n) is 4.32. The van der Waals surface area contributed by atoms with Gasteiger partial charge in [-0.25, -0.2) is 0 Å². The van der Waals surface area contributed by atoms with Crippen LogP contribution < -0.4 is 10.1 Å². The third-order valence-corrected chi connectivity index (χ3v) is 5.97. The SMILES string of the molecule is CCCCCOc1ccc(C(Nc2ccccc2)C2CCCCCCC2)cc1. The molecule has 0 spiro atoms. The van der Waals surface area contributed by atoms with E-state index in [-0.39, 0.29) is 0 Å². The van der Waals surface area contributed by atoms with Crippen LogP contribution >= 0.6 is 0 Å². The Kier molecular flexibility index (Phi) is 8.74. The summed E-state index contributed by atoms with van der Waals surface area (Å²) in [5.74, 6) is 1.69. The fraction of sp³-hybridized carbons (Fsp3) is 0.538. The molecule has 2 aromatic carbocycles. The lowest BCUT2D eigenvalue weighted by Crippen LogP contribution is -2.22. The molecular formula is C26H37NO. The molecule has 0 heterocycles. The van der Waals surface area contributed by atoms with Crippen molar-refractivity contribution in [1.82, 2.24) is 0 Å². The van der Waals surface area contributed by atoms with Gasteiger partial charge in [-0.3, -0.25) is 0 Å². The van der Waals surface area contributed by atoms with E-state index in [1.165, 1.54) is 69.0 Å². The fourth-order valence-corrected chi connectivity index (χ4v) is 4.32. The first-order chi connectivity index (χ1) is 13.9. The van der Waals surface area contributed by atoms with Gasteiger partial charge in [-0.1, -0.05) is 82.2 Å². The number of unbranched alkanes of at least 4 members (excludes halogenated alkanes) is 2. The van der Waals surface area contributed by atoms with E-state index in [0.29, 0.717) is 12.0 Å². The molecule has 1 saturated carbocycles. The van der Waals surface area contributed by atoms with Gasteiger partial charge in [0.1, 0.15) is 5.75 Å². The van der Waals surface area contributed by atoms with E-state index in [2.05, 4.69) is 66.8 Å². The molecule has 28 heavy (non-hydrogen) atoms. The number of benzene rings is 2. The zero-order chi connectivity index (χ0) is 19.4. The molecule has 1 aliphatic carbocycles. The minimum absolute atomic E-state index is 0.370. The van der Waals surface area contributed by atoms with Crippen molar-refractivity contribution in [3.05, 3.63) is 60.2 Å². The van der Waals surface area contributed by atoms with Crippen LogP contribution in [0.2, 0.25) is 0 Å². The summed E-state index contributed by atoms with van der Waals surface area (Å²) < 4.78 is 5.92. The standard InChI is InChI=1S/C26H37NO/c1-2-3-12-21-28-25-19-17-23(18-20-25)26(27-24-15-10-7-11-16-24)22-13-8-5-4-6-9-14-22/h7,10-11,15-20,22,26-27H,2-6,8-9,12-14,21H2,1H3. The Labute approximate surface area is 171 Å². The number of hydrogen-bond acceptors (Lipinski definition) is 2. The second-order valence-corrected chi connectivity index (χ2v) is 8.22. The highest BCUT2D eigenvalue weighted by atomic mass is 16.5. The summed E-state index contributed by atoms with van der Waals surface area (Å²) in [6, 6.07) is 19.9. The van der Waals surface area contributed by atoms with Crippen molar-refractivity contribution < 1.29 is 4.74 Å². The Morgan fingerprint density at radius 2 is 1.54 bits per heavy atom. The Morgan fingerprint density at radius 3 is 2.21 bits per heavy atom. The number of ether oxygens (including phenoxy) is 1. The summed E-state index contributed by atoms with van der Waals surface area (Å²) in [6.45, 7) is 3.05. The molecule has 152 valence electrons. The second kappa shape index (κ2) is 11.8. The zero-order valence-corrected chi connectivity index (χ0v) is 17.5. The van der Waals surface area contributed by atoms with Gasteiger partial charge in [0.05, 0.1) is 12.6 Å². The molecule has 1 fully saturated rings. The number of anilines is 1. The molecule has 1 aliphatic rings. The maximum Gasteiger partial charge on any atom is 0.119 e. The van der Waals surface area contributed by atoms with Gasteiger partial charge in [0.2, 0.25) is 0 Å². The van der Waals surface area contributed by atoms with E-state index in [1.54, 1.807) is 0 Å². The van der Waals surface area contributed by atoms with E-state index in [9.17, 15) is 0 Å². The van der Waals surface area contributed by atoms with Gasteiger partial charge >= 0.3 is 0 Å². The van der Waals surface area contributed by atoms with Crippen molar-refractivity contribution in [2.45, 2.75) is 77.2 Å². The van der Waals surface area contributed by atoms with Gasteiger partial charge in [-0.2, -0.15) is 0 Å². The Balaban J connectivity index is 1.71. The molecule has 2 nitrogen and oxygen atoms in total. The molecule has 2 heteroatoms. The van der Waals surface area contributed by atoms with E-state index in [0.717, 1.165) is 18.8 Å². The minimum atomic E-state index is 0.370. The van der Waals surface area contributed by atoms with Gasteiger partial charge in [0.25, 0.3) is 0 Å². The van der Waals surface area contributed by atoms with E-state index in [4.69, 9.17) is 4.74 Å². The van der Waals surface area contributed by atoms with Gasteiger partial charge < -0.3 is 10.1 Å². The molecular weight excluding hydrogens is 342 g/mol. The third-order valence-electron chi connectivity index (χ3n) is 5.97. The predicted octanol–water partition coefficient (Wildman–Crippen LogP) is 7.77. The van der Waals surface area contributed by atoms with Crippen molar-refractivity contribution in [2.24, 2.45) is 5.92 Å². The summed E-state index contributed by atoms with van der Waals surface area (Å²) in [6.07, 6.45) is 13.1.